The van der Waals surface area contributed by atoms with Crippen LogP contribution in [0, 0.1) is 0 Å². The van der Waals surface area contributed by atoms with Gasteiger partial charge >= 0.3 is 0 Å². The summed E-state index contributed by atoms with van der Waals surface area (Å²) < 4.78 is 6.06. The Morgan fingerprint density at radius 2 is 2.17 bits per heavy atom. The lowest BCUT2D eigenvalue weighted by Gasteiger charge is -2.34. The topological polar surface area (TPSA) is 86.5 Å². The molecule has 2 aromatic rings. The van der Waals surface area contributed by atoms with Gasteiger partial charge in [-0.25, -0.2) is 5.01 Å². The summed E-state index contributed by atoms with van der Waals surface area (Å²) >= 11 is 11.1. The van der Waals surface area contributed by atoms with E-state index < -0.39 is 6.17 Å². The third-order valence-electron chi connectivity index (χ3n) is 4.42. The Morgan fingerprint density at radius 1 is 1.38 bits per heavy atom. The second-order valence-electron chi connectivity index (χ2n) is 6.20. The fourth-order valence-corrected chi connectivity index (χ4v) is 4.33. The summed E-state index contributed by atoms with van der Waals surface area (Å²) in [6, 6.07) is 8.79. The van der Waals surface area contributed by atoms with Gasteiger partial charge in [0.1, 0.15) is 5.70 Å². The van der Waals surface area contributed by atoms with Crippen molar-refractivity contribution >= 4 is 56.1 Å². The second kappa shape index (κ2) is 7.89. The molecule has 29 heavy (non-hydrogen) atoms. The Hall–Kier alpha value is -2.23. The van der Waals surface area contributed by atoms with E-state index in [9.17, 15) is 9.90 Å². The number of halogens is 2. The highest BCUT2D eigenvalue weighted by Crippen LogP contribution is 2.40. The highest BCUT2D eigenvalue weighted by Gasteiger charge is 2.35. The number of phenolic OH excluding ortho intramolecular Hbond substituents is 1. The van der Waals surface area contributed by atoms with Gasteiger partial charge < -0.3 is 9.84 Å². The number of thioether (sulfide) groups is 1. The van der Waals surface area contributed by atoms with Crippen molar-refractivity contribution in [2.75, 3.05) is 12.9 Å². The molecule has 1 unspecified atom stereocenters. The molecular weight excluding hydrogens is 480 g/mol. The SMILES string of the molecule is CCSC1=NN2C(=c3cc(Br)ccc3=NC2c2cc(Cl)c(O)c(OC)c2)C(=O)N1. The molecule has 2 aliphatic rings. The number of aromatic hydroxyl groups is 1. The molecule has 0 saturated heterocycles. The Kier molecular flexibility index (Phi) is 5.46. The van der Waals surface area contributed by atoms with Crippen LogP contribution in [-0.4, -0.2) is 34.1 Å². The number of phenols is 1. The first kappa shape index (κ1) is 20.1. The lowest BCUT2D eigenvalue weighted by molar-refractivity contribution is -0.116. The zero-order valence-corrected chi connectivity index (χ0v) is 18.6. The maximum atomic E-state index is 13.0. The number of hydrazone groups is 1. The minimum absolute atomic E-state index is 0.131. The highest BCUT2D eigenvalue weighted by molar-refractivity contribution is 9.10. The molecule has 0 spiro atoms. The number of amidine groups is 1. The number of ether oxygens (including phenoxy) is 1. The van der Waals surface area contributed by atoms with Crippen LogP contribution in [0.25, 0.3) is 5.70 Å². The van der Waals surface area contributed by atoms with Crippen molar-refractivity contribution in [3.8, 4) is 11.5 Å². The van der Waals surface area contributed by atoms with Crippen molar-refractivity contribution in [3.63, 3.8) is 0 Å². The number of hydrogen-bond donors (Lipinski definition) is 2. The standard InChI is InChI=1S/C19H16BrClN4O3S/c1-3-29-19-23-18(27)15-11-8-10(20)4-5-13(11)22-17(25(15)24-19)9-6-12(21)16(26)14(7-9)28-2/h4-8,17,26H,3H2,1-2H3,(H,23,24,27). The van der Waals surface area contributed by atoms with E-state index in [0.717, 1.165) is 10.2 Å². The minimum Gasteiger partial charge on any atom is -0.503 e. The summed E-state index contributed by atoms with van der Waals surface area (Å²) in [6.45, 7) is 1.98. The van der Waals surface area contributed by atoms with E-state index in [4.69, 9.17) is 21.3 Å². The fraction of sp³-hybridized carbons (Fsp3) is 0.211. The Labute approximate surface area is 184 Å². The van der Waals surface area contributed by atoms with Gasteiger partial charge in [0.05, 0.1) is 17.5 Å². The molecule has 0 radical (unpaired) electrons. The molecule has 150 valence electrons. The third-order valence-corrected chi connectivity index (χ3v) is 5.95. The van der Waals surface area contributed by atoms with Crippen LogP contribution in [0.1, 0.15) is 18.7 Å². The highest BCUT2D eigenvalue weighted by atomic mass is 79.9. The smallest absolute Gasteiger partial charge is 0.276 e. The summed E-state index contributed by atoms with van der Waals surface area (Å²) in [5.41, 5.74) is 1.03. The normalized spacial score (nSPS) is 17.7. The van der Waals surface area contributed by atoms with Crippen LogP contribution in [-0.2, 0) is 4.79 Å². The van der Waals surface area contributed by atoms with Gasteiger partial charge in [-0.15, -0.1) is 5.10 Å². The number of fused-ring (bicyclic) bond motifs is 2. The molecule has 0 saturated carbocycles. The van der Waals surface area contributed by atoms with Gasteiger partial charge in [0, 0.05) is 15.3 Å². The second-order valence-corrected chi connectivity index (χ2v) is 8.78. The fourth-order valence-electron chi connectivity index (χ4n) is 3.17. The Balaban J connectivity index is 1.98. The van der Waals surface area contributed by atoms with Crippen LogP contribution < -0.4 is 20.6 Å². The maximum Gasteiger partial charge on any atom is 0.276 e. The van der Waals surface area contributed by atoms with Crippen molar-refractivity contribution in [3.05, 3.63) is 56.0 Å². The number of amides is 1. The van der Waals surface area contributed by atoms with E-state index in [0.29, 0.717) is 27.0 Å². The molecule has 1 atom stereocenters. The molecule has 2 heterocycles. The number of carbonyl (C=O) groups excluding carboxylic acids is 1. The zero-order valence-electron chi connectivity index (χ0n) is 15.4. The Bertz CT molecular complexity index is 1170. The van der Waals surface area contributed by atoms with E-state index in [1.165, 1.54) is 18.9 Å². The molecule has 0 bridgehead atoms. The lowest BCUT2D eigenvalue weighted by Crippen LogP contribution is -2.50. The number of hydrogen-bond acceptors (Lipinski definition) is 7. The molecule has 2 aromatic carbocycles. The van der Waals surface area contributed by atoms with Crippen molar-refractivity contribution < 1.29 is 14.6 Å². The van der Waals surface area contributed by atoms with Gasteiger partial charge in [0.25, 0.3) is 5.91 Å². The first-order chi connectivity index (χ1) is 13.9. The average molecular weight is 496 g/mol. The zero-order chi connectivity index (χ0) is 20.7. The van der Waals surface area contributed by atoms with Gasteiger partial charge in [-0.1, -0.05) is 46.2 Å². The lowest BCUT2D eigenvalue weighted by atomic mass is 10.1. The number of nitrogens with one attached hydrogen (secondary N) is 1. The summed E-state index contributed by atoms with van der Waals surface area (Å²) in [4.78, 5) is 17.8. The molecule has 1 amide bonds. The maximum absolute atomic E-state index is 13.0. The van der Waals surface area contributed by atoms with Crippen molar-refractivity contribution in [1.82, 2.24) is 10.3 Å². The van der Waals surface area contributed by atoms with Gasteiger partial charge in [-0.05, 0) is 36.1 Å². The molecular formula is C19H16BrClN4O3S. The first-order valence-electron chi connectivity index (χ1n) is 8.69. The molecule has 0 aromatic heterocycles. The average Bonchev–Trinajstić information content (AvgIpc) is 2.69. The molecule has 2 N–H and O–H groups in total. The molecule has 0 fully saturated rings. The van der Waals surface area contributed by atoms with Gasteiger partial charge in [-0.3, -0.25) is 15.1 Å². The van der Waals surface area contributed by atoms with Gasteiger partial charge in [0.2, 0.25) is 0 Å². The molecule has 4 rings (SSSR count). The summed E-state index contributed by atoms with van der Waals surface area (Å²) in [5, 5.41) is 21.1. The molecule has 2 aliphatic heterocycles. The number of rotatable bonds is 3. The van der Waals surface area contributed by atoms with Crippen molar-refractivity contribution in [1.29, 1.82) is 0 Å². The quantitative estimate of drug-likeness (QED) is 0.684. The van der Waals surface area contributed by atoms with E-state index in [1.807, 2.05) is 25.1 Å². The van der Waals surface area contributed by atoms with Crippen molar-refractivity contribution in [2.24, 2.45) is 10.1 Å². The third kappa shape index (κ3) is 3.58. The number of methoxy groups -OCH3 is 1. The number of benzene rings is 2. The monoisotopic (exact) mass is 494 g/mol. The van der Waals surface area contributed by atoms with E-state index >= 15 is 0 Å². The van der Waals surface area contributed by atoms with Crippen LogP contribution >= 0.6 is 39.3 Å². The van der Waals surface area contributed by atoms with Crippen LogP contribution in [0.5, 0.6) is 11.5 Å². The van der Waals surface area contributed by atoms with Crippen LogP contribution in [0.15, 0.2) is 44.9 Å². The Morgan fingerprint density at radius 3 is 2.90 bits per heavy atom. The molecule has 0 aliphatic carbocycles. The van der Waals surface area contributed by atoms with E-state index in [2.05, 4.69) is 26.3 Å². The number of nitrogens with zero attached hydrogens (tertiary/aromatic N) is 3. The van der Waals surface area contributed by atoms with Gasteiger partial charge in [0.15, 0.2) is 22.8 Å². The number of carbonyl (C=O) groups is 1. The summed E-state index contributed by atoms with van der Waals surface area (Å²) in [5.74, 6) is 0.571. The molecule has 7 nitrogen and oxygen atoms in total. The van der Waals surface area contributed by atoms with E-state index in [-0.39, 0.29) is 22.4 Å². The minimum atomic E-state index is -0.649. The largest absolute Gasteiger partial charge is 0.503 e. The predicted molar refractivity (Wildman–Crippen MR) is 116 cm³/mol. The van der Waals surface area contributed by atoms with Crippen molar-refractivity contribution in [2.45, 2.75) is 13.1 Å². The summed E-state index contributed by atoms with van der Waals surface area (Å²) in [7, 11) is 1.44. The van der Waals surface area contributed by atoms with Crippen LogP contribution in [0.4, 0.5) is 0 Å². The van der Waals surface area contributed by atoms with Crippen LogP contribution in [0.3, 0.4) is 0 Å². The molecule has 10 heteroatoms. The first-order valence-corrected chi connectivity index (χ1v) is 10.8. The van der Waals surface area contributed by atoms with Gasteiger partial charge in [-0.2, -0.15) is 0 Å². The van der Waals surface area contributed by atoms with E-state index in [1.54, 1.807) is 17.1 Å². The predicted octanol–water partition coefficient (Wildman–Crippen LogP) is 2.71. The summed E-state index contributed by atoms with van der Waals surface area (Å²) in [6.07, 6.45) is -0.649. The van der Waals surface area contributed by atoms with Crippen LogP contribution in [0.2, 0.25) is 5.02 Å².